The molecule has 21 heavy (non-hydrogen) atoms. The van der Waals surface area contributed by atoms with Gasteiger partial charge in [-0.15, -0.1) is 10.2 Å². The first-order valence-corrected chi connectivity index (χ1v) is 6.50. The van der Waals surface area contributed by atoms with Crippen LogP contribution in [0.25, 0.3) is 0 Å². The number of hydrogen-bond donors (Lipinski definition) is 1. The second-order valence-electron chi connectivity index (χ2n) is 3.65. The summed E-state index contributed by atoms with van der Waals surface area (Å²) >= 11 is 5.55. The van der Waals surface area contributed by atoms with Crippen molar-refractivity contribution in [1.29, 1.82) is 0 Å². The summed E-state index contributed by atoms with van der Waals surface area (Å²) in [5.41, 5.74) is -0.0991. The molecule has 0 aromatic carbocycles. The van der Waals surface area contributed by atoms with Gasteiger partial charge in [0, 0.05) is 0 Å². The van der Waals surface area contributed by atoms with E-state index in [1.165, 1.54) is 12.1 Å². The molecule has 0 spiro atoms. The second-order valence-corrected chi connectivity index (χ2v) is 4.04. The van der Waals surface area contributed by atoms with E-state index in [1.807, 2.05) is 0 Å². The molecule has 1 aromatic heterocycles. The Balaban J connectivity index is 2.84. The van der Waals surface area contributed by atoms with E-state index in [0.717, 1.165) is 0 Å². The first-order valence-electron chi connectivity index (χ1n) is 6.13. The fourth-order valence-electron chi connectivity index (χ4n) is 1.31. The highest BCUT2D eigenvalue weighted by Crippen LogP contribution is 2.03. The number of halogens is 1. The third kappa shape index (κ3) is 4.99. The summed E-state index contributed by atoms with van der Waals surface area (Å²) in [6, 6.07) is 1.10. The normalized spacial score (nSPS) is 10.1. The summed E-state index contributed by atoms with van der Waals surface area (Å²) in [4.78, 5) is 35.3. The van der Waals surface area contributed by atoms with E-state index in [-0.39, 0.29) is 24.1 Å². The molecule has 1 rings (SSSR count). The maximum Gasteiger partial charge on any atom is 0.340 e. The molecule has 0 saturated carbocycles. The molecule has 0 fully saturated rings. The van der Waals surface area contributed by atoms with Crippen LogP contribution >= 0.6 is 11.6 Å². The van der Waals surface area contributed by atoms with Crippen molar-refractivity contribution >= 4 is 29.4 Å². The van der Waals surface area contributed by atoms with Gasteiger partial charge in [-0.3, -0.25) is 4.79 Å². The molecule has 114 valence electrons. The maximum absolute atomic E-state index is 11.9. The molecule has 1 N–H and O–H groups in total. The lowest BCUT2D eigenvalue weighted by atomic mass is 10.2. The van der Waals surface area contributed by atoms with Crippen LogP contribution in [0.2, 0.25) is 5.15 Å². The predicted molar refractivity (Wildman–Crippen MR) is 71.6 cm³/mol. The number of rotatable bonds is 6. The quantitative estimate of drug-likeness (QED) is 0.596. The molecule has 1 aromatic rings. The molecule has 0 unspecified atom stereocenters. The summed E-state index contributed by atoms with van der Waals surface area (Å²) < 4.78 is 9.43. The summed E-state index contributed by atoms with van der Waals surface area (Å²) in [5.74, 6) is -2.59. The molecular weight excluding hydrogens is 302 g/mol. The van der Waals surface area contributed by atoms with Crippen LogP contribution in [0, 0.1) is 0 Å². The molecular formula is C12H14ClN3O5. The van der Waals surface area contributed by atoms with Crippen LogP contribution in [0.5, 0.6) is 0 Å². The van der Waals surface area contributed by atoms with Gasteiger partial charge in [-0.05, 0) is 26.0 Å². The van der Waals surface area contributed by atoms with E-state index in [9.17, 15) is 14.4 Å². The Hall–Kier alpha value is -2.22. The molecule has 0 saturated heterocycles. The molecule has 8 nitrogen and oxygen atoms in total. The van der Waals surface area contributed by atoms with Gasteiger partial charge in [0.05, 0.1) is 13.2 Å². The minimum atomic E-state index is -1.56. The van der Waals surface area contributed by atoms with Crippen molar-refractivity contribution in [3.8, 4) is 0 Å². The van der Waals surface area contributed by atoms with E-state index in [4.69, 9.17) is 21.1 Å². The largest absolute Gasteiger partial charge is 0.464 e. The van der Waals surface area contributed by atoms with Crippen LogP contribution in [0.4, 0.5) is 0 Å². The van der Waals surface area contributed by atoms with E-state index in [0.29, 0.717) is 0 Å². The zero-order valence-corrected chi connectivity index (χ0v) is 12.2. The van der Waals surface area contributed by atoms with Crippen LogP contribution in [-0.4, -0.2) is 47.3 Å². The van der Waals surface area contributed by atoms with Crippen molar-refractivity contribution in [2.45, 2.75) is 19.9 Å². The Bertz CT molecular complexity index is 502. The first-order chi connectivity index (χ1) is 9.99. The number of hydrogen-bond acceptors (Lipinski definition) is 7. The van der Waals surface area contributed by atoms with Gasteiger partial charge >= 0.3 is 11.9 Å². The molecule has 9 heteroatoms. The van der Waals surface area contributed by atoms with E-state index >= 15 is 0 Å². The third-order valence-electron chi connectivity index (χ3n) is 2.18. The monoisotopic (exact) mass is 315 g/mol. The average molecular weight is 316 g/mol. The highest BCUT2D eigenvalue weighted by atomic mass is 35.5. The second kappa shape index (κ2) is 8.15. The predicted octanol–water partition coefficient (Wildman–Crippen LogP) is 0.355. The lowest BCUT2D eigenvalue weighted by Gasteiger charge is -2.15. The van der Waals surface area contributed by atoms with Crippen molar-refractivity contribution in [3.05, 3.63) is 23.0 Å². The Labute approximate surface area is 125 Å². The highest BCUT2D eigenvalue weighted by molar-refractivity contribution is 6.29. The van der Waals surface area contributed by atoms with Crippen LogP contribution in [-0.2, 0) is 19.1 Å². The minimum absolute atomic E-state index is 0.0609. The molecule has 1 heterocycles. The van der Waals surface area contributed by atoms with E-state index in [2.05, 4.69) is 15.5 Å². The molecule has 0 radical (unpaired) electrons. The number of ether oxygens (including phenoxy) is 2. The summed E-state index contributed by atoms with van der Waals surface area (Å²) in [7, 11) is 0. The van der Waals surface area contributed by atoms with Gasteiger partial charge in [0.25, 0.3) is 5.91 Å². The summed E-state index contributed by atoms with van der Waals surface area (Å²) in [6.07, 6.45) is 0. The molecule has 0 aliphatic carbocycles. The van der Waals surface area contributed by atoms with E-state index in [1.54, 1.807) is 13.8 Å². The lowest BCUT2D eigenvalue weighted by molar-refractivity contribution is -0.157. The topological polar surface area (TPSA) is 107 Å². The molecule has 0 atom stereocenters. The number of nitrogens with zero attached hydrogens (tertiary/aromatic N) is 2. The van der Waals surface area contributed by atoms with Crippen LogP contribution in [0.15, 0.2) is 12.1 Å². The van der Waals surface area contributed by atoms with Crippen LogP contribution in [0.3, 0.4) is 0 Å². The van der Waals surface area contributed by atoms with E-state index < -0.39 is 23.9 Å². The Morgan fingerprint density at radius 1 is 1.14 bits per heavy atom. The average Bonchev–Trinajstić information content (AvgIpc) is 2.45. The van der Waals surface area contributed by atoms with Crippen molar-refractivity contribution in [3.63, 3.8) is 0 Å². The summed E-state index contributed by atoms with van der Waals surface area (Å²) in [6.45, 7) is 3.27. The Morgan fingerprint density at radius 3 is 2.14 bits per heavy atom. The maximum atomic E-state index is 11.9. The van der Waals surface area contributed by atoms with Gasteiger partial charge in [-0.2, -0.15) is 0 Å². The standard InChI is InChI=1S/C12H14ClN3O5/c1-3-20-11(18)9(12(19)21-4-2)14-10(17)7-5-6-8(13)16-15-7/h5-6,9H,3-4H2,1-2H3,(H,14,17). The van der Waals surface area contributed by atoms with Crippen molar-refractivity contribution in [2.24, 2.45) is 0 Å². The van der Waals surface area contributed by atoms with Crippen molar-refractivity contribution in [2.75, 3.05) is 13.2 Å². The number of carbonyl (C=O) groups is 3. The van der Waals surface area contributed by atoms with Gasteiger partial charge < -0.3 is 14.8 Å². The fraction of sp³-hybridized carbons (Fsp3) is 0.417. The number of esters is 2. The first kappa shape index (κ1) is 16.8. The number of amides is 1. The lowest BCUT2D eigenvalue weighted by Crippen LogP contribution is -2.48. The fourth-order valence-corrected chi connectivity index (χ4v) is 1.41. The zero-order chi connectivity index (χ0) is 15.8. The van der Waals surface area contributed by atoms with Crippen molar-refractivity contribution in [1.82, 2.24) is 15.5 Å². The van der Waals surface area contributed by atoms with Gasteiger partial charge in [-0.25, -0.2) is 9.59 Å². The Kier molecular flexibility index (Phi) is 6.54. The van der Waals surface area contributed by atoms with Gasteiger partial charge in [0.2, 0.25) is 6.04 Å². The highest BCUT2D eigenvalue weighted by Gasteiger charge is 2.31. The van der Waals surface area contributed by atoms with Gasteiger partial charge in [-0.1, -0.05) is 11.6 Å². The summed E-state index contributed by atoms with van der Waals surface area (Å²) in [5, 5.41) is 9.33. The molecule has 0 aliphatic heterocycles. The molecule has 1 amide bonds. The minimum Gasteiger partial charge on any atom is -0.464 e. The number of nitrogens with one attached hydrogen (secondary N) is 1. The molecule has 0 bridgehead atoms. The van der Waals surface area contributed by atoms with Gasteiger partial charge in [0.1, 0.15) is 0 Å². The molecule has 0 aliphatic rings. The van der Waals surface area contributed by atoms with Crippen molar-refractivity contribution < 1.29 is 23.9 Å². The third-order valence-corrected chi connectivity index (χ3v) is 2.39. The zero-order valence-electron chi connectivity index (χ0n) is 11.5. The number of carbonyl (C=O) groups excluding carboxylic acids is 3. The smallest absolute Gasteiger partial charge is 0.340 e. The van der Waals surface area contributed by atoms with Crippen LogP contribution < -0.4 is 5.32 Å². The van der Waals surface area contributed by atoms with Gasteiger partial charge in [0.15, 0.2) is 10.8 Å². The number of aromatic nitrogens is 2. The Morgan fingerprint density at radius 2 is 1.71 bits per heavy atom. The SMILES string of the molecule is CCOC(=O)C(NC(=O)c1ccc(Cl)nn1)C(=O)OCC. The van der Waals surface area contributed by atoms with Crippen LogP contribution in [0.1, 0.15) is 24.3 Å².